The van der Waals surface area contributed by atoms with Crippen LogP contribution in [0, 0.1) is 11.3 Å². The number of Topliss-reactive ketones (excluding diaryl/α,β-unsaturated/α-hetero) is 1. The second kappa shape index (κ2) is 6.40. The first-order valence-corrected chi connectivity index (χ1v) is 4.51. The van der Waals surface area contributed by atoms with E-state index in [1.807, 2.05) is 6.07 Å². The number of methoxy groups -OCH3 is 1. The van der Waals surface area contributed by atoms with E-state index in [0.29, 0.717) is 0 Å². The minimum absolute atomic E-state index is 0.142. The molecule has 5 nitrogen and oxygen atoms in total. The summed E-state index contributed by atoms with van der Waals surface area (Å²) in [7, 11) is 4.65. The monoisotopic (exact) mass is 222 g/mol. The van der Waals surface area contributed by atoms with E-state index >= 15 is 0 Å². The highest BCUT2D eigenvalue weighted by Gasteiger charge is 2.15. The second-order valence-corrected chi connectivity index (χ2v) is 3.27. The number of ether oxygens (including phenoxy) is 1. The molecule has 0 aromatic heterocycles. The van der Waals surface area contributed by atoms with Crippen molar-refractivity contribution in [3.05, 3.63) is 23.4 Å². The number of ketones is 1. The van der Waals surface area contributed by atoms with Crippen molar-refractivity contribution in [2.75, 3.05) is 21.2 Å². The lowest BCUT2D eigenvalue weighted by Crippen LogP contribution is -2.12. The van der Waals surface area contributed by atoms with E-state index in [4.69, 9.17) is 5.26 Å². The van der Waals surface area contributed by atoms with Gasteiger partial charge in [0.1, 0.15) is 11.6 Å². The predicted molar refractivity (Wildman–Crippen MR) is 58.2 cm³/mol. The van der Waals surface area contributed by atoms with E-state index in [1.54, 1.807) is 19.0 Å². The van der Waals surface area contributed by atoms with Crippen molar-refractivity contribution in [1.29, 1.82) is 5.26 Å². The third kappa shape index (κ3) is 4.42. The van der Waals surface area contributed by atoms with Crippen LogP contribution in [0.3, 0.4) is 0 Å². The second-order valence-electron chi connectivity index (χ2n) is 3.27. The summed E-state index contributed by atoms with van der Waals surface area (Å²) >= 11 is 0. The summed E-state index contributed by atoms with van der Waals surface area (Å²) in [6, 6.07) is 1.88. The van der Waals surface area contributed by atoms with Crippen LogP contribution >= 0.6 is 0 Å². The van der Waals surface area contributed by atoms with Crippen LogP contribution in [0.4, 0.5) is 0 Å². The molecule has 0 saturated heterocycles. The number of rotatable bonds is 4. The SMILES string of the molecule is COC(=O)/C(=C\C(C#N)=C/N(C)C)C(C)=O. The van der Waals surface area contributed by atoms with Crippen LogP contribution in [0.1, 0.15) is 6.92 Å². The summed E-state index contributed by atoms with van der Waals surface area (Å²) in [6.07, 6.45) is 2.72. The van der Waals surface area contributed by atoms with Gasteiger partial charge in [0.05, 0.1) is 12.7 Å². The Labute approximate surface area is 94.6 Å². The molecule has 16 heavy (non-hydrogen) atoms. The Bertz CT molecular complexity index is 387. The maximum absolute atomic E-state index is 11.2. The van der Waals surface area contributed by atoms with E-state index in [0.717, 1.165) is 0 Å². The number of hydrogen-bond donors (Lipinski definition) is 0. The van der Waals surface area contributed by atoms with Crippen molar-refractivity contribution < 1.29 is 14.3 Å². The fourth-order valence-electron chi connectivity index (χ4n) is 0.946. The van der Waals surface area contributed by atoms with Gasteiger partial charge in [-0.2, -0.15) is 5.26 Å². The molecule has 0 unspecified atom stereocenters. The summed E-state index contributed by atoms with van der Waals surface area (Å²) < 4.78 is 4.45. The van der Waals surface area contributed by atoms with Crippen LogP contribution in [0.2, 0.25) is 0 Å². The molecule has 0 heterocycles. The lowest BCUT2D eigenvalue weighted by Gasteiger charge is -2.05. The first-order chi connectivity index (χ1) is 7.42. The summed E-state index contributed by atoms with van der Waals surface area (Å²) in [6.45, 7) is 1.24. The quantitative estimate of drug-likeness (QED) is 0.174. The van der Waals surface area contributed by atoms with Gasteiger partial charge < -0.3 is 9.64 Å². The smallest absolute Gasteiger partial charge is 0.341 e. The molecule has 0 bridgehead atoms. The molecule has 0 radical (unpaired) electrons. The first kappa shape index (κ1) is 13.9. The van der Waals surface area contributed by atoms with Crippen molar-refractivity contribution in [2.45, 2.75) is 6.92 Å². The molecule has 0 rings (SSSR count). The van der Waals surface area contributed by atoms with Gasteiger partial charge in [0.15, 0.2) is 5.78 Å². The van der Waals surface area contributed by atoms with Crippen molar-refractivity contribution in [1.82, 2.24) is 4.90 Å². The largest absolute Gasteiger partial charge is 0.465 e. The third-order valence-electron chi connectivity index (χ3n) is 1.61. The Balaban J connectivity index is 5.29. The number of hydrogen-bond acceptors (Lipinski definition) is 5. The molecular formula is C11H14N2O3. The van der Waals surface area contributed by atoms with Crippen molar-refractivity contribution in [3.63, 3.8) is 0 Å². The molecular weight excluding hydrogens is 208 g/mol. The number of nitriles is 1. The molecule has 0 aromatic rings. The van der Waals surface area contributed by atoms with Gasteiger partial charge in [-0.3, -0.25) is 4.79 Å². The van der Waals surface area contributed by atoms with E-state index in [9.17, 15) is 9.59 Å². The van der Waals surface area contributed by atoms with Gasteiger partial charge in [0, 0.05) is 20.3 Å². The van der Waals surface area contributed by atoms with E-state index in [1.165, 1.54) is 26.3 Å². The van der Waals surface area contributed by atoms with Crippen LogP contribution in [0.5, 0.6) is 0 Å². The van der Waals surface area contributed by atoms with Crippen LogP contribution < -0.4 is 0 Å². The molecule has 86 valence electrons. The lowest BCUT2D eigenvalue weighted by atomic mass is 10.1. The summed E-state index contributed by atoms with van der Waals surface area (Å²) in [5.41, 5.74) is 0.0674. The van der Waals surface area contributed by atoms with E-state index in [2.05, 4.69) is 4.74 Å². The normalized spacial score (nSPS) is 11.7. The molecule has 0 aliphatic carbocycles. The van der Waals surface area contributed by atoms with Crippen LogP contribution in [0.15, 0.2) is 23.4 Å². The van der Waals surface area contributed by atoms with Crippen LogP contribution in [-0.2, 0) is 14.3 Å². The minimum atomic E-state index is -0.743. The minimum Gasteiger partial charge on any atom is -0.465 e. The molecule has 0 aromatic carbocycles. The van der Waals surface area contributed by atoms with E-state index in [-0.39, 0.29) is 11.1 Å². The zero-order valence-electron chi connectivity index (χ0n) is 9.77. The Hall–Kier alpha value is -2.09. The number of carbonyl (C=O) groups is 2. The Morgan fingerprint density at radius 1 is 1.38 bits per heavy atom. The van der Waals surface area contributed by atoms with Crippen LogP contribution in [0.25, 0.3) is 0 Å². The lowest BCUT2D eigenvalue weighted by molar-refractivity contribution is -0.137. The van der Waals surface area contributed by atoms with Gasteiger partial charge in [-0.1, -0.05) is 0 Å². The van der Waals surface area contributed by atoms with Crippen molar-refractivity contribution >= 4 is 11.8 Å². The number of nitrogens with zero attached hydrogens (tertiary/aromatic N) is 2. The third-order valence-corrected chi connectivity index (χ3v) is 1.61. The zero-order valence-corrected chi connectivity index (χ0v) is 9.77. The maximum atomic E-state index is 11.2. The molecule has 0 amide bonds. The zero-order chi connectivity index (χ0) is 12.7. The average Bonchev–Trinajstić information content (AvgIpc) is 2.21. The standard InChI is InChI=1S/C11H14N2O3/c1-8(14)10(11(15)16-4)5-9(6-12)7-13(2)3/h5,7H,1-4H3/b9-7+,10-5-. The van der Waals surface area contributed by atoms with Gasteiger partial charge in [-0.15, -0.1) is 0 Å². The Morgan fingerprint density at radius 2 is 1.94 bits per heavy atom. The van der Waals surface area contributed by atoms with Gasteiger partial charge in [0.25, 0.3) is 0 Å². The molecule has 0 saturated carbocycles. The number of esters is 1. The summed E-state index contributed by atoms with van der Waals surface area (Å²) in [5.74, 6) is -1.18. The molecule has 0 aliphatic heterocycles. The first-order valence-electron chi connectivity index (χ1n) is 4.51. The maximum Gasteiger partial charge on any atom is 0.341 e. The summed E-state index contributed by atoms with van der Waals surface area (Å²) in [4.78, 5) is 24.0. The molecule has 0 atom stereocenters. The van der Waals surface area contributed by atoms with Gasteiger partial charge >= 0.3 is 5.97 Å². The molecule has 0 spiro atoms. The molecule has 0 N–H and O–H groups in total. The topological polar surface area (TPSA) is 70.4 Å². The molecule has 5 heteroatoms. The van der Waals surface area contributed by atoms with Gasteiger partial charge in [0.2, 0.25) is 0 Å². The summed E-state index contributed by atoms with van der Waals surface area (Å²) in [5, 5.41) is 8.81. The van der Waals surface area contributed by atoms with Crippen molar-refractivity contribution in [3.8, 4) is 6.07 Å². The fraction of sp³-hybridized carbons (Fsp3) is 0.364. The fourth-order valence-corrected chi connectivity index (χ4v) is 0.946. The Morgan fingerprint density at radius 3 is 2.25 bits per heavy atom. The van der Waals surface area contributed by atoms with Crippen LogP contribution in [-0.4, -0.2) is 37.9 Å². The van der Waals surface area contributed by atoms with E-state index < -0.39 is 11.8 Å². The van der Waals surface area contributed by atoms with Gasteiger partial charge in [-0.05, 0) is 13.0 Å². The number of carbonyl (C=O) groups excluding carboxylic acids is 2. The average molecular weight is 222 g/mol. The molecule has 0 aliphatic rings. The Kier molecular flexibility index (Phi) is 5.57. The molecule has 0 fully saturated rings. The highest BCUT2D eigenvalue weighted by atomic mass is 16.5. The highest BCUT2D eigenvalue weighted by molar-refractivity contribution is 6.16. The number of allylic oxidation sites excluding steroid dienone is 2. The van der Waals surface area contributed by atoms with Gasteiger partial charge in [-0.25, -0.2) is 4.79 Å². The van der Waals surface area contributed by atoms with Crippen molar-refractivity contribution in [2.24, 2.45) is 0 Å². The predicted octanol–water partition coefficient (Wildman–Crippen LogP) is 0.644. The highest BCUT2D eigenvalue weighted by Crippen LogP contribution is 2.06.